The average Bonchev–Trinajstić information content (AvgIpc) is 3.31. The Morgan fingerprint density at radius 3 is 2.42 bits per heavy atom. The molecule has 0 spiro atoms. The lowest BCUT2D eigenvalue weighted by Gasteiger charge is -2.26. The number of esters is 1. The molecule has 1 aliphatic rings. The van der Waals surface area contributed by atoms with Crippen LogP contribution in [0.1, 0.15) is 57.4 Å². The minimum absolute atomic E-state index is 0.116. The van der Waals surface area contributed by atoms with Crippen molar-refractivity contribution >= 4 is 39.3 Å². The lowest BCUT2D eigenvalue weighted by molar-refractivity contribution is -0.139. The number of nitrogens with zero attached hydrogens (tertiary/aromatic N) is 2. The molecule has 1 atom stereocenters. The maximum absolute atomic E-state index is 14.2. The number of ether oxygens (including phenoxy) is 4. The molecule has 0 N–H and O–H groups in total. The van der Waals surface area contributed by atoms with E-state index >= 15 is 0 Å². The molecule has 0 aliphatic carbocycles. The summed E-state index contributed by atoms with van der Waals surface area (Å²) in [7, 11) is 0. The average molecular weight is 692 g/mol. The molecule has 8 nitrogen and oxygen atoms in total. The van der Waals surface area contributed by atoms with Gasteiger partial charge in [0.25, 0.3) is 5.56 Å². The number of hydrogen-bond donors (Lipinski definition) is 0. The first-order valence-electron chi connectivity index (χ1n) is 14.8. The number of rotatable bonds is 11. The van der Waals surface area contributed by atoms with E-state index in [1.165, 1.54) is 11.3 Å². The van der Waals surface area contributed by atoms with E-state index in [2.05, 4.69) is 15.9 Å². The summed E-state index contributed by atoms with van der Waals surface area (Å²) in [6.45, 7) is 10.3. The lowest BCUT2D eigenvalue weighted by Crippen LogP contribution is -2.40. The second-order valence-electron chi connectivity index (χ2n) is 10.5. The summed E-state index contributed by atoms with van der Waals surface area (Å²) in [6, 6.07) is 20.3. The smallest absolute Gasteiger partial charge is 0.338 e. The first-order valence-corrected chi connectivity index (χ1v) is 16.4. The molecule has 10 heteroatoms. The number of aromatic nitrogens is 1. The van der Waals surface area contributed by atoms with Crippen LogP contribution in [-0.2, 0) is 16.1 Å². The molecule has 5 rings (SSSR count). The molecule has 1 aromatic heterocycles. The van der Waals surface area contributed by atoms with Gasteiger partial charge in [0.05, 0.1) is 35.1 Å². The first-order chi connectivity index (χ1) is 21.7. The summed E-state index contributed by atoms with van der Waals surface area (Å²) in [5, 5.41) is 0. The molecule has 234 valence electrons. The number of benzene rings is 3. The van der Waals surface area contributed by atoms with Gasteiger partial charge in [-0.05, 0) is 70.0 Å². The molecule has 0 bridgehead atoms. The van der Waals surface area contributed by atoms with Crippen molar-refractivity contribution in [2.45, 2.75) is 53.4 Å². The van der Waals surface area contributed by atoms with Gasteiger partial charge in [0.1, 0.15) is 18.4 Å². The van der Waals surface area contributed by atoms with E-state index in [-0.39, 0.29) is 18.3 Å². The van der Waals surface area contributed by atoms with Gasteiger partial charge in [0.2, 0.25) is 0 Å². The fourth-order valence-electron chi connectivity index (χ4n) is 5.07. The van der Waals surface area contributed by atoms with Crippen molar-refractivity contribution < 1.29 is 23.7 Å². The fraction of sp³-hybridized carbons (Fsp3) is 0.286. The molecule has 3 aromatic carbocycles. The third kappa shape index (κ3) is 7.07. The molecule has 45 heavy (non-hydrogen) atoms. The van der Waals surface area contributed by atoms with E-state index in [1.54, 1.807) is 24.5 Å². The zero-order valence-corrected chi connectivity index (χ0v) is 28.2. The standard InChI is InChI=1S/C35H35BrN2O6S/c1-6-41-28-17-24(26(36)19-29(28)43-20-23-13-9-8-10-14-23)18-30-33(39)38-32(25-15-11-12-16-27(25)44-21(3)4)31(34(40)42-7-2)22(5)37-35(38)45-30/h8-19,21,32H,6-7,20H2,1-5H3/b30-18+/t32-/m0/s1. The van der Waals surface area contributed by atoms with E-state index < -0.39 is 12.0 Å². The van der Waals surface area contributed by atoms with Crippen LogP contribution in [0.4, 0.5) is 0 Å². The monoisotopic (exact) mass is 690 g/mol. The van der Waals surface area contributed by atoms with Crippen LogP contribution in [0.25, 0.3) is 6.08 Å². The Bertz CT molecular complexity index is 1910. The zero-order chi connectivity index (χ0) is 32.1. The predicted octanol–water partition coefficient (Wildman–Crippen LogP) is 6.33. The van der Waals surface area contributed by atoms with Crippen molar-refractivity contribution in [1.82, 2.24) is 4.57 Å². The highest BCUT2D eigenvalue weighted by molar-refractivity contribution is 9.10. The lowest BCUT2D eigenvalue weighted by atomic mass is 9.95. The van der Waals surface area contributed by atoms with E-state index in [4.69, 9.17) is 23.9 Å². The molecule has 0 amide bonds. The van der Waals surface area contributed by atoms with E-state index in [0.29, 0.717) is 56.6 Å². The summed E-state index contributed by atoms with van der Waals surface area (Å²) >= 11 is 4.92. The van der Waals surface area contributed by atoms with Crippen molar-refractivity contribution in [3.63, 3.8) is 0 Å². The quantitative estimate of drug-likeness (QED) is 0.171. The molecule has 4 aromatic rings. The summed E-state index contributed by atoms with van der Waals surface area (Å²) in [5.41, 5.74) is 2.95. The number of allylic oxidation sites excluding steroid dienone is 1. The zero-order valence-electron chi connectivity index (χ0n) is 25.8. The van der Waals surface area contributed by atoms with Crippen LogP contribution in [-0.4, -0.2) is 29.9 Å². The third-order valence-electron chi connectivity index (χ3n) is 6.98. The van der Waals surface area contributed by atoms with Crippen molar-refractivity contribution in [3.8, 4) is 17.2 Å². The molecule has 0 radical (unpaired) electrons. The highest BCUT2D eigenvalue weighted by Crippen LogP contribution is 2.37. The largest absolute Gasteiger partial charge is 0.491 e. The van der Waals surface area contributed by atoms with Crippen LogP contribution in [0.3, 0.4) is 0 Å². The van der Waals surface area contributed by atoms with Crippen molar-refractivity contribution in [2.75, 3.05) is 13.2 Å². The summed E-state index contributed by atoms with van der Waals surface area (Å²) in [4.78, 5) is 32.7. The summed E-state index contributed by atoms with van der Waals surface area (Å²) < 4.78 is 26.4. The van der Waals surface area contributed by atoms with E-state index in [9.17, 15) is 9.59 Å². The SMILES string of the molecule is CCOC(=O)C1=C(C)N=c2s/c(=C/c3cc(OCC)c(OCc4ccccc4)cc3Br)c(=O)n2[C@H]1c1ccccc1OC(C)C. The molecule has 0 saturated carbocycles. The molecule has 1 aliphatic heterocycles. The molecule has 0 saturated heterocycles. The van der Waals surface area contributed by atoms with Gasteiger partial charge in [-0.15, -0.1) is 0 Å². The Morgan fingerprint density at radius 2 is 1.71 bits per heavy atom. The second kappa shape index (κ2) is 14.3. The summed E-state index contributed by atoms with van der Waals surface area (Å²) in [5.74, 6) is 1.21. The van der Waals surface area contributed by atoms with Gasteiger partial charge in [-0.3, -0.25) is 9.36 Å². The van der Waals surface area contributed by atoms with E-state index in [0.717, 1.165) is 15.6 Å². The minimum Gasteiger partial charge on any atom is -0.491 e. The normalized spacial score (nSPS) is 14.6. The second-order valence-corrected chi connectivity index (χ2v) is 12.4. The van der Waals surface area contributed by atoms with Gasteiger partial charge in [-0.25, -0.2) is 9.79 Å². The maximum Gasteiger partial charge on any atom is 0.338 e. The number of thiazole rings is 1. The molecular formula is C35H35BrN2O6S. The Labute approximate surface area is 274 Å². The fourth-order valence-corrected chi connectivity index (χ4v) is 6.55. The molecular weight excluding hydrogens is 656 g/mol. The Morgan fingerprint density at radius 1 is 1.00 bits per heavy atom. The van der Waals surface area contributed by atoms with E-state index in [1.807, 2.05) is 87.5 Å². The van der Waals surface area contributed by atoms with Gasteiger partial charge in [0.15, 0.2) is 16.3 Å². The molecule has 0 unspecified atom stereocenters. The van der Waals surface area contributed by atoms with Gasteiger partial charge in [-0.2, -0.15) is 0 Å². The number of para-hydroxylation sites is 1. The maximum atomic E-state index is 14.2. The van der Waals surface area contributed by atoms with Crippen LogP contribution in [0.2, 0.25) is 0 Å². The van der Waals surface area contributed by atoms with Gasteiger partial charge < -0.3 is 18.9 Å². The van der Waals surface area contributed by atoms with Gasteiger partial charge in [-0.1, -0.05) is 75.8 Å². The third-order valence-corrected chi connectivity index (χ3v) is 8.65. The highest BCUT2D eigenvalue weighted by atomic mass is 79.9. The molecule has 0 fully saturated rings. The van der Waals surface area contributed by atoms with Gasteiger partial charge >= 0.3 is 5.97 Å². The Kier molecular flexibility index (Phi) is 10.2. The Hall–Kier alpha value is -4.15. The number of hydrogen-bond acceptors (Lipinski definition) is 8. The van der Waals surface area contributed by atoms with Crippen molar-refractivity contribution in [1.29, 1.82) is 0 Å². The van der Waals surface area contributed by atoms with Crippen molar-refractivity contribution in [2.24, 2.45) is 4.99 Å². The molecule has 2 heterocycles. The van der Waals surface area contributed by atoms with Crippen molar-refractivity contribution in [3.05, 3.63) is 119 Å². The van der Waals surface area contributed by atoms with Crippen LogP contribution in [0.5, 0.6) is 17.2 Å². The topological polar surface area (TPSA) is 88.4 Å². The number of fused-ring (bicyclic) bond motifs is 1. The number of halogens is 1. The van der Waals surface area contributed by atoms with Crippen LogP contribution >= 0.6 is 27.3 Å². The number of carbonyl (C=O) groups excluding carboxylic acids is 1. The van der Waals surface area contributed by atoms with Gasteiger partial charge in [0, 0.05) is 10.0 Å². The van der Waals surface area contributed by atoms with Crippen LogP contribution in [0, 0.1) is 0 Å². The predicted molar refractivity (Wildman–Crippen MR) is 179 cm³/mol. The highest BCUT2D eigenvalue weighted by Gasteiger charge is 2.35. The minimum atomic E-state index is -0.784. The number of carbonyl (C=O) groups is 1. The van der Waals surface area contributed by atoms with Crippen LogP contribution < -0.4 is 29.1 Å². The summed E-state index contributed by atoms with van der Waals surface area (Å²) in [6.07, 6.45) is 1.68. The Balaban J connectivity index is 1.63. The van der Waals surface area contributed by atoms with Crippen LogP contribution in [0.15, 0.2) is 92.3 Å². The first kappa shape index (κ1) is 32.2.